The molecule has 8 nitrogen and oxygen atoms in total. The molecule has 1 heterocycles. The molecule has 3 atom stereocenters. The number of benzene rings is 3. The van der Waals surface area contributed by atoms with E-state index in [1.165, 1.54) is 16.7 Å². The smallest absolute Gasteiger partial charge is 0.345 e. The fourth-order valence-electron chi connectivity index (χ4n) is 4.49. The molecular formula is C30H31ClF3N3O5S. The van der Waals surface area contributed by atoms with Gasteiger partial charge in [0, 0.05) is 43.8 Å². The molecule has 4 rings (SSSR count). The molecule has 3 aromatic carbocycles. The number of thioether (sulfide) groups is 1. The highest BCUT2D eigenvalue weighted by molar-refractivity contribution is 8.00. The minimum absolute atomic E-state index is 0. The second kappa shape index (κ2) is 15.6. The normalized spacial score (nSPS) is 15.7. The van der Waals surface area contributed by atoms with Gasteiger partial charge in [-0.3, -0.25) is 9.59 Å². The Kier molecular flexibility index (Phi) is 12.3. The van der Waals surface area contributed by atoms with Crippen LogP contribution in [0.3, 0.4) is 0 Å². The molecule has 1 unspecified atom stereocenters. The van der Waals surface area contributed by atoms with Crippen molar-refractivity contribution in [3.63, 3.8) is 0 Å². The van der Waals surface area contributed by atoms with Crippen LogP contribution in [0.5, 0.6) is 5.75 Å². The van der Waals surface area contributed by atoms with E-state index in [0.717, 1.165) is 17.2 Å². The van der Waals surface area contributed by atoms with E-state index in [0.29, 0.717) is 24.1 Å². The Morgan fingerprint density at radius 3 is 2.33 bits per heavy atom. The third-order valence-electron chi connectivity index (χ3n) is 6.65. The number of aliphatic carboxylic acids is 1. The lowest BCUT2D eigenvalue weighted by atomic mass is 10.0. The van der Waals surface area contributed by atoms with Crippen molar-refractivity contribution in [1.82, 2.24) is 10.2 Å². The number of nitrogens with two attached hydrogens (primary N) is 1. The molecule has 4 N–H and O–H groups in total. The van der Waals surface area contributed by atoms with Crippen LogP contribution in [0.15, 0.2) is 66.7 Å². The van der Waals surface area contributed by atoms with Gasteiger partial charge in [-0.25, -0.2) is 18.0 Å². The van der Waals surface area contributed by atoms with Gasteiger partial charge in [0.05, 0.1) is 0 Å². The summed E-state index contributed by atoms with van der Waals surface area (Å²) in [5.41, 5.74) is 7.44. The van der Waals surface area contributed by atoms with Crippen LogP contribution in [0.1, 0.15) is 23.1 Å². The van der Waals surface area contributed by atoms with Gasteiger partial charge in [-0.2, -0.15) is 0 Å². The zero-order chi connectivity index (χ0) is 30.2. The summed E-state index contributed by atoms with van der Waals surface area (Å²) < 4.78 is 46.3. The maximum absolute atomic E-state index is 14.0. The van der Waals surface area contributed by atoms with Crippen molar-refractivity contribution < 1.29 is 37.4 Å². The number of hydrogen-bond donors (Lipinski definition) is 3. The van der Waals surface area contributed by atoms with Crippen molar-refractivity contribution in [2.45, 2.75) is 43.3 Å². The van der Waals surface area contributed by atoms with E-state index in [2.05, 4.69) is 5.32 Å². The first-order valence-electron chi connectivity index (χ1n) is 13.2. The van der Waals surface area contributed by atoms with Crippen LogP contribution in [0.2, 0.25) is 0 Å². The summed E-state index contributed by atoms with van der Waals surface area (Å²) in [7, 11) is 0. The van der Waals surface area contributed by atoms with Crippen LogP contribution in [0.25, 0.3) is 0 Å². The average molecular weight is 638 g/mol. The number of carboxylic acid groups (broad SMARTS) is 1. The van der Waals surface area contributed by atoms with Crippen molar-refractivity contribution in [2.75, 3.05) is 12.3 Å². The van der Waals surface area contributed by atoms with E-state index in [9.17, 15) is 32.7 Å². The summed E-state index contributed by atoms with van der Waals surface area (Å²) in [6.45, 7) is 0.493. The molecule has 0 saturated carbocycles. The van der Waals surface area contributed by atoms with Crippen molar-refractivity contribution >= 4 is 42.0 Å². The number of halogens is 4. The topological polar surface area (TPSA) is 122 Å². The Morgan fingerprint density at radius 2 is 1.65 bits per heavy atom. The minimum atomic E-state index is -1.31. The van der Waals surface area contributed by atoms with Crippen molar-refractivity contribution in [1.29, 1.82) is 0 Å². The van der Waals surface area contributed by atoms with Crippen LogP contribution < -0.4 is 15.8 Å². The molecule has 1 fully saturated rings. The van der Waals surface area contributed by atoms with Gasteiger partial charge in [0.25, 0.3) is 5.91 Å². The number of hydrogen-bond acceptors (Lipinski definition) is 6. The lowest BCUT2D eigenvalue weighted by Gasteiger charge is -2.24. The van der Waals surface area contributed by atoms with Crippen LogP contribution in [0, 0.1) is 17.5 Å². The lowest BCUT2D eigenvalue weighted by Crippen LogP contribution is -2.46. The van der Waals surface area contributed by atoms with Gasteiger partial charge in [-0.05, 0) is 41.3 Å². The summed E-state index contributed by atoms with van der Waals surface area (Å²) in [6.07, 6.45) is -1.24. The van der Waals surface area contributed by atoms with E-state index in [-0.39, 0.29) is 49.7 Å². The molecule has 3 aromatic rings. The number of rotatable bonds is 12. The molecule has 230 valence electrons. The minimum Gasteiger partial charge on any atom is -0.478 e. The van der Waals surface area contributed by atoms with Crippen LogP contribution in [0.4, 0.5) is 13.2 Å². The lowest BCUT2D eigenvalue weighted by molar-refractivity contribution is -0.145. The predicted octanol–water partition coefficient (Wildman–Crippen LogP) is 4.08. The first-order chi connectivity index (χ1) is 20.1. The molecule has 1 saturated heterocycles. The van der Waals surface area contributed by atoms with Gasteiger partial charge < -0.3 is 25.8 Å². The van der Waals surface area contributed by atoms with Gasteiger partial charge in [0.2, 0.25) is 5.91 Å². The van der Waals surface area contributed by atoms with Gasteiger partial charge in [-0.1, -0.05) is 42.5 Å². The molecule has 1 aliphatic rings. The van der Waals surface area contributed by atoms with E-state index in [1.54, 1.807) is 24.3 Å². The highest BCUT2D eigenvalue weighted by Crippen LogP contribution is 2.26. The number of carbonyl (C=O) groups is 3. The van der Waals surface area contributed by atoms with Crippen LogP contribution in [-0.4, -0.2) is 57.6 Å². The van der Waals surface area contributed by atoms with Gasteiger partial charge in [0.1, 0.15) is 11.6 Å². The molecule has 13 heteroatoms. The number of nitrogens with one attached hydrogen (secondary N) is 1. The zero-order valence-corrected chi connectivity index (χ0v) is 24.5. The van der Waals surface area contributed by atoms with Gasteiger partial charge in [0.15, 0.2) is 23.1 Å². The van der Waals surface area contributed by atoms with E-state index in [1.807, 2.05) is 30.3 Å². The molecule has 0 radical (unpaired) electrons. The van der Waals surface area contributed by atoms with Crippen LogP contribution >= 0.6 is 24.2 Å². The fraction of sp³-hybridized carbons (Fsp3) is 0.300. The maximum Gasteiger partial charge on any atom is 0.345 e. The molecule has 0 aliphatic carbocycles. The summed E-state index contributed by atoms with van der Waals surface area (Å²) in [6, 6.07) is 16.1. The third kappa shape index (κ3) is 9.37. The predicted molar refractivity (Wildman–Crippen MR) is 158 cm³/mol. The summed E-state index contributed by atoms with van der Waals surface area (Å²) in [5, 5.41) is 11.6. The van der Waals surface area contributed by atoms with E-state index >= 15 is 0 Å². The highest BCUT2D eigenvalue weighted by atomic mass is 35.5. The Balaban J connectivity index is 0.00000506. The van der Waals surface area contributed by atoms with Crippen molar-refractivity contribution in [3.8, 4) is 5.75 Å². The first-order valence-corrected chi connectivity index (χ1v) is 14.3. The number of carboxylic acids is 1. The zero-order valence-electron chi connectivity index (χ0n) is 22.9. The van der Waals surface area contributed by atoms with Gasteiger partial charge in [-0.15, -0.1) is 24.2 Å². The Bertz CT molecular complexity index is 1420. The van der Waals surface area contributed by atoms with E-state index < -0.39 is 46.8 Å². The molecule has 0 aromatic heterocycles. The molecule has 1 aliphatic heterocycles. The standard InChI is InChI=1S/C30H30F3N3O5S.ClH/c31-23-16-25(33)24(32)14-20(23)13-21(34)15-27(37)36-10-11-42-29(36)28(38)35-17-19-6-8-22(9-7-19)41-26(30(39)40)12-18-4-2-1-3-5-18;/h1-9,14,16,21,26,29H,10-13,15,17,34H2,(H,35,38)(H,39,40);1H/t21-,26-,29?;/m1./s1. The van der Waals surface area contributed by atoms with Crippen molar-refractivity contribution in [2.24, 2.45) is 5.73 Å². The van der Waals surface area contributed by atoms with Gasteiger partial charge >= 0.3 is 5.97 Å². The molecular weight excluding hydrogens is 607 g/mol. The summed E-state index contributed by atoms with van der Waals surface area (Å²) in [5.74, 6) is -4.40. The average Bonchev–Trinajstić information content (AvgIpc) is 3.46. The molecule has 0 spiro atoms. The Hall–Kier alpha value is -3.74. The summed E-state index contributed by atoms with van der Waals surface area (Å²) >= 11 is 1.30. The number of carbonyl (C=O) groups excluding carboxylic acids is 2. The maximum atomic E-state index is 14.0. The summed E-state index contributed by atoms with van der Waals surface area (Å²) in [4.78, 5) is 38.9. The Morgan fingerprint density at radius 1 is 0.977 bits per heavy atom. The highest BCUT2D eigenvalue weighted by Gasteiger charge is 2.35. The Labute approximate surface area is 257 Å². The SMILES string of the molecule is Cl.N[C@@H](CC(=O)N1CCSC1C(=O)NCc1ccc(O[C@H](Cc2ccccc2)C(=O)O)cc1)Cc1cc(F)c(F)cc1F. The molecule has 0 bridgehead atoms. The van der Waals surface area contributed by atoms with Crippen LogP contribution in [-0.2, 0) is 33.8 Å². The quantitative estimate of drug-likeness (QED) is 0.256. The molecule has 2 amide bonds. The second-order valence-electron chi connectivity index (χ2n) is 9.83. The number of ether oxygens (including phenoxy) is 1. The fourth-order valence-corrected chi connectivity index (χ4v) is 5.66. The first kappa shape index (κ1) is 33.8. The number of nitrogens with zero attached hydrogens (tertiary/aromatic N) is 1. The second-order valence-corrected chi connectivity index (χ2v) is 11.0. The third-order valence-corrected chi connectivity index (χ3v) is 7.85. The molecule has 43 heavy (non-hydrogen) atoms. The largest absolute Gasteiger partial charge is 0.478 e. The monoisotopic (exact) mass is 637 g/mol. The van der Waals surface area contributed by atoms with E-state index in [4.69, 9.17) is 10.5 Å². The van der Waals surface area contributed by atoms with Crippen molar-refractivity contribution in [3.05, 3.63) is 101 Å². The number of amides is 2.